The monoisotopic (exact) mass is 474 g/mol. The van der Waals surface area contributed by atoms with Crippen molar-refractivity contribution in [3.8, 4) is 17.1 Å². The van der Waals surface area contributed by atoms with E-state index in [-0.39, 0.29) is 0 Å². The second kappa shape index (κ2) is 7.26. The van der Waals surface area contributed by atoms with Crippen LogP contribution in [0.1, 0.15) is 16.7 Å². The molecule has 164 valence electrons. The molecule has 0 spiro atoms. The van der Waals surface area contributed by atoms with Gasteiger partial charge in [-0.15, -0.1) is 22.7 Å². The Bertz CT molecular complexity index is 1880. The van der Waals surface area contributed by atoms with Gasteiger partial charge in [-0.25, -0.2) is 4.98 Å². The van der Waals surface area contributed by atoms with E-state index in [9.17, 15) is 0 Å². The third-order valence-electron chi connectivity index (χ3n) is 6.81. The maximum Gasteiger partial charge on any atom is 0.147 e. The average Bonchev–Trinajstić information content (AvgIpc) is 3.49. The zero-order valence-electron chi connectivity index (χ0n) is 19.2. The van der Waals surface area contributed by atoms with Gasteiger partial charge in [0.2, 0.25) is 0 Å². The maximum absolute atomic E-state index is 5.24. The lowest BCUT2D eigenvalue weighted by molar-refractivity contribution is 1.06. The topological polar surface area (TPSA) is 17.8 Å². The van der Waals surface area contributed by atoms with Gasteiger partial charge in [0, 0.05) is 25.7 Å². The van der Waals surface area contributed by atoms with Crippen LogP contribution in [-0.4, -0.2) is 9.55 Å². The van der Waals surface area contributed by atoms with Crippen molar-refractivity contribution in [1.82, 2.24) is 9.55 Å². The smallest absolute Gasteiger partial charge is 0.147 e. The van der Waals surface area contributed by atoms with E-state index in [1.165, 1.54) is 57.5 Å². The highest BCUT2D eigenvalue weighted by molar-refractivity contribution is 7.36. The number of nitrogens with zero attached hydrogens (tertiary/aromatic N) is 2. The normalized spacial score (nSPS) is 12.0. The summed E-state index contributed by atoms with van der Waals surface area (Å²) >= 11 is 3.81. The number of hydrogen-bond acceptors (Lipinski definition) is 3. The number of hydrogen-bond donors (Lipinski definition) is 0. The Labute approximate surface area is 205 Å². The summed E-state index contributed by atoms with van der Waals surface area (Å²) in [5, 5.41) is 2.69. The van der Waals surface area contributed by atoms with Crippen molar-refractivity contribution >= 4 is 63.3 Å². The summed E-state index contributed by atoms with van der Waals surface area (Å²) in [6.07, 6.45) is 0. The lowest BCUT2D eigenvalue weighted by Crippen LogP contribution is -2.03. The minimum Gasteiger partial charge on any atom is -0.292 e. The van der Waals surface area contributed by atoms with Crippen LogP contribution in [0.3, 0.4) is 0 Å². The van der Waals surface area contributed by atoms with Crippen molar-refractivity contribution in [2.75, 3.05) is 0 Å². The van der Waals surface area contributed by atoms with Crippen LogP contribution < -0.4 is 0 Å². The number of aryl methyl sites for hydroxylation is 3. The minimum atomic E-state index is 1.03. The first-order valence-corrected chi connectivity index (χ1v) is 13.1. The predicted octanol–water partition coefficient (Wildman–Crippen LogP) is 9.20. The second-order valence-corrected chi connectivity index (χ2v) is 11.1. The van der Waals surface area contributed by atoms with E-state index in [1.54, 1.807) is 0 Å². The number of aromatic nitrogens is 2. The highest BCUT2D eigenvalue weighted by Crippen LogP contribution is 2.48. The molecule has 0 saturated heterocycles. The third-order valence-corrected chi connectivity index (χ3v) is 9.40. The largest absolute Gasteiger partial charge is 0.292 e. The maximum atomic E-state index is 5.24. The summed E-state index contributed by atoms with van der Waals surface area (Å²) in [7, 11) is 0. The van der Waals surface area contributed by atoms with Gasteiger partial charge < -0.3 is 0 Å². The molecule has 0 saturated carbocycles. The van der Waals surface area contributed by atoms with Gasteiger partial charge in [0.1, 0.15) is 5.82 Å². The number of fused-ring (bicyclic) bond motifs is 6. The molecular weight excluding hydrogens is 452 g/mol. The SMILES string of the molecule is Cc1cccc(C)c1-n1c(-c2c(C)ccc3c2sc2c4ccccc4sc32)nc2ccccc21. The van der Waals surface area contributed by atoms with Crippen molar-refractivity contribution in [2.45, 2.75) is 20.8 Å². The van der Waals surface area contributed by atoms with E-state index < -0.39 is 0 Å². The van der Waals surface area contributed by atoms with Crippen LogP contribution in [0.4, 0.5) is 0 Å². The molecule has 7 rings (SSSR count). The molecule has 4 heteroatoms. The minimum absolute atomic E-state index is 1.03. The van der Waals surface area contributed by atoms with Gasteiger partial charge >= 0.3 is 0 Å². The second-order valence-electron chi connectivity index (χ2n) is 8.99. The Balaban J connectivity index is 1.64. The fourth-order valence-electron chi connectivity index (χ4n) is 5.22. The van der Waals surface area contributed by atoms with Gasteiger partial charge in [-0.2, -0.15) is 0 Å². The summed E-state index contributed by atoms with van der Waals surface area (Å²) in [6, 6.07) is 28.4. The van der Waals surface area contributed by atoms with Crippen molar-refractivity contribution in [2.24, 2.45) is 0 Å². The van der Waals surface area contributed by atoms with Gasteiger partial charge in [0.05, 0.1) is 26.1 Å². The van der Waals surface area contributed by atoms with Crippen molar-refractivity contribution in [1.29, 1.82) is 0 Å². The molecule has 0 unspecified atom stereocenters. The molecule has 0 amide bonds. The molecule has 7 aromatic rings. The first-order valence-electron chi connectivity index (χ1n) is 11.5. The lowest BCUT2D eigenvalue weighted by atomic mass is 10.0. The third kappa shape index (κ3) is 2.70. The fraction of sp³-hybridized carbons (Fsp3) is 0.100. The first kappa shape index (κ1) is 20.0. The van der Waals surface area contributed by atoms with Gasteiger partial charge in [0.25, 0.3) is 0 Å². The standard InChI is InChI=1S/C30H22N2S2/c1-17-15-16-21-27(34-28-20-11-4-7-14-24(20)33-29(21)28)25(17)30-31-22-12-5-6-13-23(22)32(30)26-18(2)9-8-10-19(26)3/h4-16H,1-3H3. The van der Waals surface area contributed by atoms with E-state index in [4.69, 9.17) is 4.98 Å². The molecule has 0 radical (unpaired) electrons. The number of benzene rings is 4. The summed E-state index contributed by atoms with van der Waals surface area (Å²) in [5.41, 5.74) is 8.42. The highest BCUT2D eigenvalue weighted by atomic mass is 32.1. The zero-order valence-corrected chi connectivity index (χ0v) is 20.8. The van der Waals surface area contributed by atoms with E-state index >= 15 is 0 Å². The van der Waals surface area contributed by atoms with E-state index in [0.717, 1.165) is 16.9 Å². The summed E-state index contributed by atoms with van der Waals surface area (Å²) in [5.74, 6) is 1.03. The first-order chi connectivity index (χ1) is 16.6. The van der Waals surface area contributed by atoms with E-state index in [2.05, 4.69) is 104 Å². The average molecular weight is 475 g/mol. The molecule has 2 nitrogen and oxygen atoms in total. The lowest BCUT2D eigenvalue weighted by Gasteiger charge is -2.16. The van der Waals surface area contributed by atoms with Crippen LogP contribution in [-0.2, 0) is 0 Å². The molecule has 0 bridgehead atoms. The molecule has 3 heterocycles. The van der Waals surface area contributed by atoms with E-state index in [1.807, 2.05) is 22.7 Å². The van der Waals surface area contributed by atoms with Crippen molar-refractivity contribution in [3.63, 3.8) is 0 Å². The van der Waals surface area contributed by atoms with Crippen LogP contribution in [0, 0.1) is 20.8 Å². The number of rotatable bonds is 2. The molecule has 0 N–H and O–H groups in total. The van der Waals surface area contributed by atoms with Crippen LogP contribution in [0.5, 0.6) is 0 Å². The summed E-state index contributed by atoms with van der Waals surface area (Å²) < 4.78 is 7.84. The molecular formula is C30H22N2S2. The highest BCUT2D eigenvalue weighted by Gasteiger charge is 2.23. The quantitative estimate of drug-likeness (QED) is 0.244. The van der Waals surface area contributed by atoms with Gasteiger partial charge in [-0.3, -0.25) is 4.57 Å². The molecule has 0 atom stereocenters. The molecule has 3 aromatic heterocycles. The van der Waals surface area contributed by atoms with Crippen molar-refractivity contribution < 1.29 is 0 Å². The van der Waals surface area contributed by atoms with Gasteiger partial charge in [-0.1, -0.05) is 60.7 Å². The Morgan fingerprint density at radius 3 is 2.21 bits per heavy atom. The van der Waals surface area contributed by atoms with Gasteiger partial charge in [-0.05, 0) is 55.7 Å². The Kier molecular flexibility index (Phi) is 4.26. The number of thiophene rings is 2. The number of imidazole rings is 1. The molecule has 4 aromatic carbocycles. The molecule has 0 fully saturated rings. The summed E-state index contributed by atoms with van der Waals surface area (Å²) in [4.78, 5) is 5.24. The van der Waals surface area contributed by atoms with Crippen LogP contribution >= 0.6 is 22.7 Å². The number of para-hydroxylation sites is 3. The Hall–Kier alpha value is -3.47. The van der Waals surface area contributed by atoms with Crippen LogP contribution in [0.2, 0.25) is 0 Å². The van der Waals surface area contributed by atoms with E-state index in [0.29, 0.717) is 0 Å². The Morgan fingerprint density at radius 1 is 0.618 bits per heavy atom. The molecule has 0 aliphatic heterocycles. The Morgan fingerprint density at radius 2 is 1.35 bits per heavy atom. The van der Waals surface area contributed by atoms with Crippen molar-refractivity contribution in [3.05, 3.63) is 95.6 Å². The van der Waals surface area contributed by atoms with Crippen LogP contribution in [0.15, 0.2) is 78.9 Å². The van der Waals surface area contributed by atoms with Gasteiger partial charge in [0.15, 0.2) is 0 Å². The van der Waals surface area contributed by atoms with Crippen LogP contribution in [0.25, 0.3) is 57.7 Å². The molecule has 34 heavy (non-hydrogen) atoms. The summed E-state index contributed by atoms with van der Waals surface area (Å²) in [6.45, 7) is 6.61. The molecule has 0 aliphatic rings. The molecule has 0 aliphatic carbocycles. The zero-order chi connectivity index (χ0) is 23.0. The predicted molar refractivity (Wildman–Crippen MR) is 149 cm³/mol. The fourth-order valence-corrected chi connectivity index (χ4v) is 8.06.